The summed E-state index contributed by atoms with van der Waals surface area (Å²) in [5.74, 6) is 0.142. The standard InChI is InChI=1S/C16H15BrN2O3/c1-2-22-15-8-11(6-7-14(15)20)10-18-19-16(21)12-4-3-5-13(17)9-12/h3-10,20H,2H2,1H3,(H,19,21). The number of halogens is 1. The highest BCUT2D eigenvalue weighted by molar-refractivity contribution is 9.10. The second kappa shape index (κ2) is 7.61. The van der Waals surface area contributed by atoms with Gasteiger partial charge in [0.1, 0.15) is 0 Å². The minimum atomic E-state index is -0.304. The van der Waals surface area contributed by atoms with Gasteiger partial charge in [-0.15, -0.1) is 0 Å². The lowest BCUT2D eigenvalue weighted by Crippen LogP contribution is -2.17. The number of carbonyl (C=O) groups excluding carboxylic acids is 1. The number of hydrazone groups is 1. The van der Waals surface area contributed by atoms with Crippen LogP contribution >= 0.6 is 15.9 Å². The molecule has 6 heteroatoms. The number of nitrogens with zero attached hydrogens (tertiary/aromatic N) is 1. The molecule has 2 N–H and O–H groups in total. The van der Waals surface area contributed by atoms with E-state index < -0.39 is 0 Å². The summed E-state index contributed by atoms with van der Waals surface area (Å²) in [6.45, 7) is 2.28. The Morgan fingerprint density at radius 1 is 1.36 bits per heavy atom. The second-order valence-electron chi connectivity index (χ2n) is 4.37. The van der Waals surface area contributed by atoms with Gasteiger partial charge in [-0.25, -0.2) is 5.43 Å². The number of phenolic OH excluding ortho intramolecular Hbond substituents is 1. The molecule has 0 saturated carbocycles. The van der Waals surface area contributed by atoms with E-state index in [1.54, 1.807) is 30.3 Å². The Bertz CT molecular complexity index is 702. The van der Waals surface area contributed by atoms with Gasteiger partial charge in [0.2, 0.25) is 0 Å². The van der Waals surface area contributed by atoms with Gasteiger partial charge in [0.15, 0.2) is 11.5 Å². The highest BCUT2D eigenvalue weighted by Gasteiger charge is 2.04. The van der Waals surface area contributed by atoms with Crippen LogP contribution in [-0.2, 0) is 0 Å². The van der Waals surface area contributed by atoms with Crippen molar-refractivity contribution < 1.29 is 14.6 Å². The van der Waals surface area contributed by atoms with Crippen molar-refractivity contribution in [2.24, 2.45) is 5.10 Å². The first kappa shape index (κ1) is 16.0. The third-order valence-corrected chi connectivity index (χ3v) is 3.24. The van der Waals surface area contributed by atoms with Crippen LogP contribution in [0.3, 0.4) is 0 Å². The van der Waals surface area contributed by atoms with Crippen molar-refractivity contribution in [3.8, 4) is 11.5 Å². The summed E-state index contributed by atoms with van der Waals surface area (Å²) in [6.07, 6.45) is 1.48. The maximum absolute atomic E-state index is 11.9. The molecule has 0 spiro atoms. The largest absolute Gasteiger partial charge is 0.504 e. The molecule has 0 aliphatic heterocycles. The van der Waals surface area contributed by atoms with E-state index in [9.17, 15) is 9.90 Å². The van der Waals surface area contributed by atoms with Crippen molar-refractivity contribution in [1.29, 1.82) is 0 Å². The fourth-order valence-electron chi connectivity index (χ4n) is 1.74. The Balaban J connectivity index is 2.03. The lowest BCUT2D eigenvalue weighted by molar-refractivity contribution is 0.0955. The second-order valence-corrected chi connectivity index (χ2v) is 5.29. The zero-order chi connectivity index (χ0) is 15.9. The van der Waals surface area contributed by atoms with Gasteiger partial charge in [-0.3, -0.25) is 4.79 Å². The van der Waals surface area contributed by atoms with Crippen molar-refractivity contribution in [3.05, 3.63) is 58.1 Å². The molecular weight excluding hydrogens is 348 g/mol. The van der Waals surface area contributed by atoms with E-state index in [2.05, 4.69) is 26.5 Å². The van der Waals surface area contributed by atoms with Crippen LogP contribution in [0.25, 0.3) is 0 Å². The van der Waals surface area contributed by atoms with E-state index in [1.165, 1.54) is 12.3 Å². The molecule has 0 heterocycles. The lowest BCUT2D eigenvalue weighted by Gasteiger charge is -2.06. The third kappa shape index (κ3) is 4.33. The molecule has 0 aliphatic carbocycles. The van der Waals surface area contributed by atoms with Crippen LogP contribution in [0.5, 0.6) is 11.5 Å². The maximum atomic E-state index is 11.9. The molecule has 0 bridgehead atoms. The van der Waals surface area contributed by atoms with E-state index in [4.69, 9.17) is 4.74 Å². The number of aromatic hydroxyl groups is 1. The molecule has 0 saturated heterocycles. The van der Waals surface area contributed by atoms with E-state index in [-0.39, 0.29) is 11.7 Å². The summed E-state index contributed by atoms with van der Waals surface area (Å²) in [4.78, 5) is 11.9. The van der Waals surface area contributed by atoms with Gasteiger partial charge >= 0.3 is 0 Å². The molecule has 0 fully saturated rings. The predicted molar refractivity (Wildman–Crippen MR) is 88.5 cm³/mol. The van der Waals surface area contributed by atoms with Gasteiger partial charge in [-0.05, 0) is 48.9 Å². The number of nitrogens with one attached hydrogen (secondary N) is 1. The molecule has 5 nitrogen and oxygen atoms in total. The van der Waals surface area contributed by atoms with Crippen LogP contribution in [-0.4, -0.2) is 23.8 Å². The summed E-state index contributed by atoms with van der Waals surface area (Å²) in [7, 11) is 0. The van der Waals surface area contributed by atoms with Crippen molar-refractivity contribution >= 4 is 28.1 Å². The number of rotatable bonds is 5. The van der Waals surface area contributed by atoms with E-state index in [0.29, 0.717) is 23.5 Å². The summed E-state index contributed by atoms with van der Waals surface area (Å²) >= 11 is 3.31. The van der Waals surface area contributed by atoms with E-state index in [1.807, 2.05) is 13.0 Å². The highest BCUT2D eigenvalue weighted by Crippen LogP contribution is 2.26. The number of benzene rings is 2. The van der Waals surface area contributed by atoms with Gasteiger partial charge in [-0.1, -0.05) is 22.0 Å². The molecule has 0 atom stereocenters. The minimum absolute atomic E-state index is 0.0668. The molecule has 1 amide bonds. The van der Waals surface area contributed by atoms with Crippen LogP contribution in [0.4, 0.5) is 0 Å². The van der Waals surface area contributed by atoms with Gasteiger partial charge in [-0.2, -0.15) is 5.10 Å². The molecule has 114 valence electrons. The molecule has 0 aliphatic rings. The fourth-order valence-corrected chi connectivity index (χ4v) is 2.14. The molecular formula is C16H15BrN2O3. The lowest BCUT2D eigenvalue weighted by atomic mass is 10.2. The topological polar surface area (TPSA) is 70.9 Å². The number of ether oxygens (including phenoxy) is 1. The van der Waals surface area contributed by atoms with Crippen LogP contribution in [0.15, 0.2) is 52.0 Å². The quantitative estimate of drug-likeness (QED) is 0.633. The third-order valence-electron chi connectivity index (χ3n) is 2.75. The smallest absolute Gasteiger partial charge is 0.271 e. The monoisotopic (exact) mass is 362 g/mol. The normalized spacial score (nSPS) is 10.6. The van der Waals surface area contributed by atoms with E-state index >= 15 is 0 Å². The van der Waals surface area contributed by atoms with Crippen molar-refractivity contribution in [1.82, 2.24) is 5.43 Å². The molecule has 0 aromatic heterocycles. The molecule has 0 radical (unpaired) electrons. The maximum Gasteiger partial charge on any atom is 0.271 e. The number of hydrogen-bond acceptors (Lipinski definition) is 4. The molecule has 2 aromatic carbocycles. The predicted octanol–water partition coefficient (Wildman–Crippen LogP) is 3.32. The minimum Gasteiger partial charge on any atom is -0.504 e. The Hall–Kier alpha value is -2.34. The zero-order valence-corrected chi connectivity index (χ0v) is 13.5. The summed E-state index contributed by atoms with van der Waals surface area (Å²) < 4.78 is 6.11. The number of amides is 1. The van der Waals surface area contributed by atoms with Gasteiger partial charge in [0.05, 0.1) is 12.8 Å². The molecule has 22 heavy (non-hydrogen) atoms. The van der Waals surface area contributed by atoms with Gasteiger partial charge < -0.3 is 9.84 Å². The summed E-state index contributed by atoms with van der Waals surface area (Å²) in [6, 6.07) is 11.9. The fraction of sp³-hybridized carbons (Fsp3) is 0.125. The van der Waals surface area contributed by atoms with E-state index in [0.717, 1.165) is 4.47 Å². The highest BCUT2D eigenvalue weighted by atomic mass is 79.9. The van der Waals surface area contributed by atoms with Gasteiger partial charge in [0.25, 0.3) is 5.91 Å². The number of carbonyl (C=O) groups is 1. The first-order chi connectivity index (χ1) is 10.6. The molecule has 2 rings (SSSR count). The Kier molecular flexibility index (Phi) is 5.55. The Morgan fingerprint density at radius 2 is 2.18 bits per heavy atom. The van der Waals surface area contributed by atoms with Crippen LogP contribution in [0.2, 0.25) is 0 Å². The molecule has 0 unspecified atom stereocenters. The van der Waals surface area contributed by atoms with Crippen molar-refractivity contribution in [2.45, 2.75) is 6.92 Å². The zero-order valence-electron chi connectivity index (χ0n) is 11.9. The average Bonchev–Trinajstić information content (AvgIpc) is 2.50. The summed E-state index contributed by atoms with van der Waals surface area (Å²) in [5.41, 5.74) is 3.66. The Labute approximate surface area is 136 Å². The first-order valence-electron chi connectivity index (χ1n) is 6.65. The van der Waals surface area contributed by atoms with Crippen LogP contribution < -0.4 is 10.2 Å². The van der Waals surface area contributed by atoms with Crippen molar-refractivity contribution in [3.63, 3.8) is 0 Å². The molecule has 2 aromatic rings. The van der Waals surface area contributed by atoms with Crippen molar-refractivity contribution in [2.75, 3.05) is 6.61 Å². The Morgan fingerprint density at radius 3 is 2.91 bits per heavy atom. The first-order valence-corrected chi connectivity index (χ1v) is 7.44. The number of phenols is 1. The van der Waals surface area contributed by atoms with Crippen LogP contribution in [0.1, 0.15) is 22.8 Å². The van der Waals surface area contributed by atoms with Gasteiger partial charge in [0, 0.05) is 10.0 Å². The van der Waals surface area contributed by atoms with Crippen LogP contribution in [0, 0.1) is 0 Å². The SMILES string of the molecule is CCOc1cc(C=NNC(=O)c2cccc(Br)c2)ccc1O. The summed E-state index contributed by atoms with van der Waals surface area (Å²) in [5, 5.41) is 13.5. The number of hydrogen-bond donors (Lipinski definition) is 2. The average molecular weight is 363 g/mol.